The summed E-state index contributed by atoms with van der Waals surface area (Å²) in [5.41, 5.74) is 3.76. The van der Waals surface area contributed by atoms with Crippen molar-refractivity contribution in [1.82, 2.24) is 18.8 Å². The summed E-state index contributed by atoms with van der Waals surface area (Å²) in [6.07, 6.45) is 0.783. The topological polar surface area (TPSA) is 84.7 Å². The van der Waals surface area contributed by atoms with Gasteiger partial charge < -0.3 is 14.2 Å². The normalized spacial score (nSPS) is 11.9. The number of hydrogen-bond acceptors (Lipinski definition) is 5. The zero-order valence-corrected chi connectivity index (χ0v) is 21.6. The van der Waals surface area contributed by atoms with Gasteiger partial charge in [0.2, 0.25) is 15.9 Å². The molecule has 0 spiro atoms. The van der Waals surface area contributed by atoms with Gasteiger partial charge in [-0.3, -0.25) is 4.79 Å². The van der Waals surface area contributed by atoms with Crippen LogP contribution < -0.4 is 4.74 Å². The van der Waals surface area contributed by atoms with Gasteiger partial charge in [-0.25, -0.2) is 17.7 Å². The molecule has 9 heteroatoms. The van der Waals surface area contributed by atoms with E-state index in [0.717, 1.165) is 28.2 Å². The van der Waals surface area contributed by atoms with E-state index in [1.54, 1.807) is 30.1 Å². The van der Waals surface area contributed by atoms with Gasteiger partial charge in [-0.05, 0) is 62.2 Å². The molecule has 0 radical (unpaired) electrons. The van der Waals surface area contributed by atoms with Crippen LogP contribution in [0.25, 0.3) is 11.0 Å². The van der Waals surface area contributed by atoms with Crippen LogP contribution in [0, 0.1) is 13.8 Å². The molecule has 0 saturated carbocycles. The number of carbonyl (C=O) groups is 1. The van der Waals surface area contributed by atoms with Crippen molar-refractivity contribution >= 4 is 27.0 Å². The lowest BCUT2D eigenvalue weighted by Crippen LogP contribution is -2.31. The van der Waals surface area contributed by atoms with E-state index in [-0.39, 0.29) is 10.8 Å². The Balaban J connectivity index is 1.63. The first-order chi connectivity index (χ1) is 16.0. The minimum atomic E-state index is -3.54. The number of rotatable bonds is 10. The molecule has 1 amide bonds. The number of benzene rings is 2. The predicted molar refractivity (Wildman–Crippen MR) is 134 cm³/mol. The Kier molecular flexibility index (Phi) is 7.99. The van der Waals surface area contributed by atoms with Gasteiger partial charge in [0.25, 0.3) is 0 Å². The summed E-state index contributed by atoms with van der Waals surface area (Å²) in [4.78, 5) is 19.2. The van der Waals surface area contributed by atoms with Gasteiger partial charge >= 0.3 is 0 Å². The first-order valence-electron chi connectivity index (χ1n) is 11.4. The van der Waals surface area contributed by atoms with E-state index < -0.39 is 10.0 Å². The third-order valence-electron chi connectivity index (χ3n) is 5.77. The zero-order chi connectivity index (χ0) is 25.0. The number of aryl methyl sites for hydroxylation is 4. The predicted octanol–water partition coefficient (Wildman–Crippen LogP) is 3.39. The Morgan fingerprint density at radius 2 is 1.74 bits per heavy atom. The molecule has 1 aromatic heterocycles. The van der Waals surface area contributed by atoms with E-state index >= 15 is 0 Å². The smallest absolute Gasteiger partial charge is 0.242 e. The van der Waals surface area contributed by atoms with Crippen molar-refractivity contribution in [3.05, 3.63) is 53.3 Å². The van der Waals surface area contributed by atoms with E-state index in [9.17, 15) is 13.2 Å². The highest BCUT2D eigenvalue weighted by molar-refractivity contribution is 7.89. The molecule has 0 bridgehead atoms. The molecule has 0 N–H and O–H groups in total. The van der Waals surface area contributed by atoms with Gasteiger partial charge in [0.15, 0.2) is 0 Å². The maximum absolute atomic E-state index is 12.7. The number of nitrogens with zero attached hydrogens (tertiary/aromatic N) is 4. The fourth-order valence-electron chi connectivity index (χ4n) is 3.93. The number of carbonyl (C=O) groups excluding carboxylic acids is 1. The zero-order valence-electron chi connectivity index (χ0n) is 20.8. The largest absolute Gasteiger partial charge is 0.492 e. The number of fused-ring (bicyclic) bond motifs is 1. The number of hydrogen-bond donors (Lipinski definition) is 0. The van der Waals surface area contributed by atoms with Crippen molar-refractivity contribution in [1.29, 1.82) is 0 Å². The number of aromatic nitrogens is 2. The standard InChI is InChI=1S/C25H34N4O4S/c1-7-29-23-9-8-21(34(31,32)27(4)5)17-22(23)26-24(29)10-11-25(30)28(6)12-13-33-20-15-18(2)14-19(3)16-20/h8-9,14-17H,7,10-13H2,1-6H3. The van der Waals surface area contributed by atoms with Crippen molar-refractivity contribution < 1.29 is 17.9 Å². The van der Waals surface area contributed by atoms with Crippen LogP contribution in [0.3, 0.4) is 0 Å². The van der Waals surface area contributed by atoms with Crippen molar-refractivity contribution in [2.75, 3.05) is 34.3 Å². The summed E-state index contributed by atoms with van der Waals surface area (Å²) in [6.45, 7) is 7.65. The number of amides is 1. The number of likely N-dealkylation sites (N-methyl/N-ethyl adjacent to an activating group) is 1. The maximum Gasteiger partial charge on any atom is 0.242 e. The van der Waals surface area contributed by atoms with Crippen molar-refractivity contribution in [2.24, 2.45) is 0 Å². The fourth-order valence-corrected chi connectivity index (χ4v) is 4.85. The number of ether oxygens (including phenoxy) is 1. The van der Waals surface area contributed by atoms with Crippen LogP contribution in [0.1, 0.15) is 30.3 Å². The highest BCUT2D eigenvalue weighted by Gasteiger charge is 2.20. The summed E-state index contributed by atoms with van der Waals surface area (Å²) < 4.78 is 34.0. The molecule has 34 heavy (non-hydrogen) atoms. The molecule has 0 atom stereocenters. The summed E-state index contributed by atoms with van der Waals surface area (Å²) in [7, 11) is 1.24. The summed E-state index contributed by atoms with van der Waals surface area (Å²) in [6, 6.07) is 11.0. The Hall–Kier alpha value is -2.91. The minimum Gasteiger partial charge on any atom is -0.492 e. The molecule has 184 valence electrons. The molecule has 3 rings (SSSR count). The molecule has 2 aromatic carbocycles. The highest BCUT2D eigenvalue weighted by atomic mass is 32.2. The Morgan fingerprint density at radius 3 is 2.35 bits per heavy atom. The minimum absolute atomic E-state index is 0.00889. The lowest BCUT2D eigenvalue weighted by Gasteiger charge is -2.18. The molecular weight excluding hydrogens is 452 g/mol. The van der Waals surface area contributed by atoms with Gasteiger partial charge in [0.1, 0.15) is 18.2 Å². The molecule has 0 saturated heterocycles. The first kappa shape index (κ1) is 25.7. The van der Waals surface area contributed by atoms with E-state index in [1.807, 2.05) is 37.5 Å². The summed E-state index contributed by atoms with van der Waals surface area (Å²) in [5, 5.41) is 0. The second kappa shape index (κ2) is 10.6. The molecular formula is C25H34N4O4S. The molecule has 0 unspecified atom stereocenters. The fraction of sp³-hybridized carbons (Fsp3) is 0.440. The van der Waals surface area contributed by atoms with Crippen LogP contribution in [0.2, 0.25) is 0 Å². The highest BCUT2D eigenvalue weighted by Crippen LogP contribution is 2.23. The van der Waals surface area contributed by atoms with E-state index in [4.69, 9.17) is 4.74 Å². The number of sulfonamides is 1. The molecule has 0 aliphatic rings. The molecule has 0 fully saturated rings. The van der Waals surface area contributed by atoms with Crippen LogP contribution in [0.4, 0.5) is 0 Å². The van der Waals surface area contributed by atoms with E-state index in [0.29, 0.717) is 38.1 Å². The first-order valence-corrected chi connectivity index (χ1v) is 12.8. The van der Waals surface area contributed by atoms with E-state index in [1.165, 1.54) is 18.4 Å². The van der Waals surface area contributed by atoms with Crippen LogP contribution in [-0.2, 0) is 27.8 Å². The lowest BCUT2D eigenvalue weighted by molar-refractivity contribution is -0.130. The van der Waals surface area contributed by atoms with Gasteiger partial charge in [0, 0.05) is 40.5 Å². The third-order valence-corrected chi connectivity index (χ3v) is 7.58. The molecule has 3 aromatic rings. The van der Waals surface area contributed by atoms with Gasteiger partial charge in [-0.2, -0.15) is 0 Å². The average Bonchev–Trinajstić information content (AvgIpc) is 3.13. The SMILES string of the molecule is CCn1c(CCC(=O)N(C)CCOc2cc(C)cc(C)c2)nc2cc(S(=O)(=O)N(C)C)ccc21. The van der Waals surface area contributed by atoms with Crippen LogP contribution >= 0.6 is 0 Å². The van der Waals surface area contributed by atoms with Gasteiger partial charge in [-0.1, -0.05) is 6.07 Å². The molecule has 0 aliphatic heterocycles. The van der Waals surface area contributed by atoms with Crippen LogP contribution in [0.15, 0.2) is 41.3 Å². The van der Waals surface area contributed by atoms with Crippen molar-refractivity contribution in [2.45, 2.75) is 45.1 Å². The van der Waals surface area contributed by atoms with Gasteiger partial charge in [-0.15, -0.1) is 0 Å². The third kappa shape index (κ3) is 5.77. The molecule has 8 nitrogen and oxygen atoms in total. The quantitative estimate of drug-likeness (QED) is 0.439. The van der Waals surface area contributed by atoms with Crippen LogP contribution in [-0.4, -0.2) is 67.4 Å². The van der Waals surface area contributed by atoms with Crippen LogP contribution in [0.5, 0.6) is 5.75 Å². The maximum atomic E-state index is 12.7. The lowest BCUT2D eigenvalue weighted by atomic mass is 10.1. The van der Waals surface area contributed by atoms with Crippen molar-refractivity contribution in [3.63, 3.8) is 0 Å². The summed E-state index contributed by atoms with van der Waals surface area (Å²) >= 11 is 0. The Labute approximate surface area is 202 Å². The Bertz CT molecular complexity index is 1260. The second-order valence-corrected chi connectivity index (χ2v) is 10.8. The average molecular weight is 487 g/mol. The Morgan fingerprint density at radius 1 is 1.06 bits per heavy atom. The van der Waals surface area contributed by atoms with Gasteiger partial charge in [0.05, 0.1) is 22.5 Å². The number of imidazole rings is 1. The molecule has 1 heterocycles. The van der Waals surface area contributed by atoms with Crippen molar-refractivity contribution in [3.8, 4) is 5.75 Å². The summed E-state index contributed by atoms with van der Waals surface area (Å²) in [5.74, 6) is 1.59. The molecule has 0 aliphatic carbocycles. The second-order valence-electron chi connectivity index (χ2n) is 8.70. The van der Waals surface area contributed by atoms with E-state index in [2.05, 4.69) is 11.1 Å². The monoisotopic (exact) mass is 486 g/mol.